The second-order valence-electron chi connectivity index (χ2n) is 8.64. The van der Waals surface area contributed by atoms with Gasteiger partial charge in [0, 0.05) is 31.4 Å². The van der Waals surface area contributed by atoms with E-state index in [4.69, 9.17) is 15.0 Å². The normalized spacial score (nSPS) is 13.9. The standard InChI is InChI=1S/C27H29N5O2/c1-19-12-15-32(16-13-19)26(33)24-18-30-27(29-14-11-20-5-9-23(34-2)10-6-20)31-25(24)22-7-3-21(17-28)4-8-22/h3-10,18-19H,11-16H2,1-2H3,(H,29,30,31). The lowest BCUT2D eigenvalue weighted by molar-refractivity contribution is 0.0697. The molecule has 1 saturated heterocycles. The van der Waals surface area contributed by atoms with Crippen LogP contribution in [0.5, 0.6) is 5.75 Å². The first-order chi connectivity index (χ1) is 16.6. The fourth-order valence-electron chi connectivity index (χ4n) is 4.04. The van der Waals surface area contributed by atoms with E-state index in [9.17, 15) is 4.79 Å². The van der Waals surface area contributed by atoms with Gasteiger partial charge in [0.2, 0.25) is 5.95 Å². The van der Waals surface area contributed by atoms with Gasteiger partial charge in [-0.25, -0.2) is 9.97 Å². The molecule has 1 aliphatic heterocycles. The van der Waals surface area contributed by atoms with E-state index >= 15 is 0 Å². The number of aromatic nitrogens is 2. The van der Waals surface area contributed by atoms with Crippen molar-refractivity contribution >= 4 is 11.9 Å². The molecular weight excluding hydrogens is 426 g/mol. The van der Waals surface area contributed by atoms with Gasteiger partial charge in [0.25, 0.3) is 5.91 Å². The molecule has 1 amide bonds. The summed E-state index contributed by atoms with van der Waals surface area (Å²) in [6.07, 6.45) is 4.43. The van der Waals surface area contributed by atoms with E-state index in [0.29, 0.717) is 35.2 Å². The quantitative estimate of drug-likeness (QED) is 0.562. The Kier molecular flexibility index (Phi) is 7.38. The number of anilines is 1. The van der Waals surface area contributed by atoms with Gasteiger partial charge in [-0.2, -0.15) is 5.26 Å². The first kappa shape index (κ1) is 23.2. The van der Waals surface area contributed by atoms with E-state index in [0.717, 1.165) is 43.7 Å². The first-order valence-electron chi connectivity index (χ1n) is 11.6. The minimum absolute atomic E-state index is 0.0453. The largest absolute Gasteiger partial charge is 0.497 e. The summed E-state index contributed by atoms with van der Waals surface area (Å²) >= 11 is 0. The summed E-state index contributed by atoms with van der Waals surface area (Å²) in [5.41, 5.74) is 3.59. The number of benzene rings is 2. The average Bonchev–Trinajstić information content (AvgIpc) is 2.89. The first-order valence-corrected chi connectivity index (χ1v) is 11.6. The number of ether oxygens (including phenoxy) is 1. The Morgan fingerprint density at radius 2 is 1.85 bits per heavy atom. The van der Waals surface area contributed by atoms with Crippen LogP contribution in [0.3, 0.4) is 0 Å². The van der Waals surface area contributed by atoms with E-state index in [1.165, 1.54) is 5.56 Å². The van der Waals surface area contributed by atoms with Gasteiger partial charge in [-0.15, -0.1) is 0 Å². The molecule has 0 unspecified atom stereocenters. The molecule has 3 aromatic rings. The Hall–Kier alpha value is -3.92. The van der Waals surface area contributed by atoms with Crippen LogP contribution in [0.2, 0.25) is 0 Å². The summed E-state index contributed by atoms with van der Waals surface area (Å²) in [7, 11) is 1.65. The second kappa shape index (κ2) is 10.8. The van der Waals surface area contributed by atoms with Gasteiger partial charge in [-0.1, -0.05) is 31.2 Å². The molecule has 7 nitrogen and oxygen atoms in total. The Bertz CT molecular complexity index is 1160. The minimum Gasteiger partial charge on any atom is -0.497 e. The van der Waals surface area contributed by atoms with Crippen LogP contribution in [0, 0.1) is 17.2 Å². The van der Waals surface area contributed by atoms with Gasteiger partial charge >= 0.3 is 0 Å². The monoisotopic (exact) mass is 455 g/mol. The van der Waals surface area contributed by atoms with E-state index in [1.54, 1.807) is 25.4 Å². The summed E-state index contributed by atoms with van der Waals surface area (Å²) in [5, 5.41) is 12.4. The maximum Gasteiger partial charge on any atom is 0.257 e. The van der Waals surface area contributed by atoms with E-state index in [-0.39, 0.29) is 5.91 Å². The highest BCUT2D eigenvalue weighted by atomic mass is 16.5. The summed E-state index contributed by atoms with van der Waals surface area (Å²) in [6.45, 7) is 4.36. The molecular formula is C27H29N5O2. The summed E-state index contributed by atoms with van der Waals surface area (Å²) in [6, 6.07) is 17.2. The zero-order valence-electron chi connectivity index (χ0n) is 19.6. The molecule has 0 atom stereocenters. The van der Waals surface area contributed by atoms with Gasteiger partial charge in [-0.05, 0) is 55.0 Å². The molecule has 0 radical (unpaired) electrons. The molecule has 0 aliphatic carbocycles. The molecule has 1 fully saturated rings. The van der Waals surface area contributed by atoms with E-state index < -0.39 is 0 Å². The van der Waals surface area contributed by atoms with Crippen LogP contribution in [0.25, 0.3) is 11.3 Å². The predicted octanol–water partition coefficient (Wildman–Crippen LogP) is 4.55. The number of carbonyl (C=O) groups is 1. The van der Waals surface area contributed by atoms with Crippen molar-refractivity contribution in [2.24, 2.45) is 5.92 Å². The number of amides is 1. The maximum atomic E-state index is 13.3. The second-order valence-corrected chi connectivity index (χ2v) is 8.64. The molecule has 0 saturated carbocycles. The van der Waals surface area contributed by atoms with Crippen LogP contribution in [0.1, 0.15) is 41.3 Å². The molecule has 7 heteroatoms. The average molecular weight is 456 g/mol. The highest BCUT2D eigenvalue weighted by Crippen LogP contribution is 2.26. The third-order valence-electron chi connectivity index (χ3n) is 6.23. The van der Waals surface area contributed by atoms with Crippen molar-refractivity contribution in [2.45, 2.75) is 26.2 Å². The third kappa shape index (κ3) is 5.52. The summed E-state index contributed by atoms with van der Waals surface area (Å²) < 4.78 is 5.21. The van der Waals surface area contributed by atoms with Crippen LogP contribution < -0.4 is 10.1 Å². The van der Waals surface area contributed by atoms with Crippen molar-refractivity contribution in [3.8, 4) is 23.1 Å². The fraction of sp³-hybridized carbons (Fsp3) is 0.333. The van der Waals surface area contributed by atoms with Crippen LogP contribution >= 0.6 is 0 Å². The molecule has 1 aromatic heterocycles. The van der Waals surface area contributed by atoms with Crippen molar-refractivity contribution in [3.63, 3.8) is 0 Å². The number of likely N-dealkylation sites (tertiary alicyclic amines) is 1. The van der Waals surface area contributed by atoms with Crippen molar-refractivity contribution in [3.05, 3.63) is 71.4 Å². The number of nitrogens with one attached hydrogen (secondary N) is 1. The summed E-state index contributed by atoms with van der Waals surface area (Å²) in [5.74, 6) is 1.89. The highest BCUT2D eigenvalue weighted by molar-refractivity contribution is 5.99. The lowest BCUT2D eigenvalue weighted by atomic mass is 9.98. The van der Waals surface area contributed by atoms with E-state index in [1.807, 2.05) is 41.3 Å². The summed E-state index contributed by atoms with van der Waals surface area (Å²) in [4.78, 5) is 24.4. The molecule has 2 heterocycles. The Labute approximate surface area is 200 Å². The van der Waals surface area contributed by atoms with Gasteiger partial charge in [0.15, 0.2) is 0 Å². The van der Waals surface area contributed by atoms with Crippen LogP contribution in [-0.4, -0.2) is 47.5 Å². The van der Waals surface area contributed by atoms with Crippen LogP contribution in [-0.2, 0) is 6.42 Å². The smallest absolute Gasteiger partial charge is 0.257 e. The molecule has 0 spiro atoms. The number of methoxy groups -OCH3 is 1. The number of piperidine rings is 1. The van der Waals surface area contributed by atoms with Gasteiger partial charge in [0.1, 0.15) is 5.75 Å². The van der Waals surface area contributed by atoms with Crippen molar-refractivity contribution in [1.29, 1.82) is 5.26 Å². The lowest BCUT2D eigenvalue weighted by Crippen LogP contribution is -2.38. The number of nitrogens with zero attached hydrogens (tertiary/aromatic N) is 4. The molecule has 4 rings (SSSR count). The Balaban J connectivity index is 1.55. The number of rotatable bonds is 7. The molecule has 34 heavy (non-hydrogen) atoms. The molecule has 0 bridgehead atoms. The predicted molar refractivity (Wildman–Crippen MR) is 132 cm³/mol. The zero-order valence-corrected chi connectivity index (χ0v) is 19.6. The Morgan fingerprint density at radius 3 is 2.50 bits per heavy atom. The molecule has 1 aliphatic rings. The van der Waals surface area contributed by atoms with Gasteiger partial charge in [0.05, 0.1) is 30.0 Å². The van der Waals surface area contributed by atoms with Gasteiger partial charge in [-0.3, -0.25) is 4.79 Å². The minimum atomic E-state index is -0.0453. The SMILES string of the molecule is COc1ccc(CCNc2ncc(C(=O)N3CCC(C)CC3)c(-c3ccc(C#N)cc3)n2)cc1. The highest BCUT2D eigenvalue weighted by Gasteiger charge is 2.25. The number of hydrogen-bond donors (Lipinski definition) is 1. The van der Waals surface area contributed by atoms with Crippen molar-refractivity contribution < 1.29 is 9.53 Å². The topological polar surface area (TPSA) is 91.1 Å². The van der Waals surface area contributed by atoms with Crippen LogP contribution in [0.4, 0.5) is 5.95 Å². The number of nitriles is 1. The number of hydrogen-bond acceptors (Lipinski definition) is 6. The molecule has 174 valence electrons. The lowest BCUT2D eigenvalue weighted by Gasteiger charge is -2.30. The third-order valence-corrected chi connectivity index (χ3v) is 6.23. The number of carbonyl (C=O) groups excluding carboxylic acids is 1. The Morgan fingerprint density at radius 1 is 1.15 bits per heavy atom. The van der Waals surface area contributed by atoms with Crippen molar-refractivity contribution in [2.75, 3.05) is 32.1 Å². The zero-order chi connectivity index (χ0) is 23.9. The molecule has 2 aromatic carbocycles. The van der Waals surface area contributed by atoms with Crippen LogP contribution in [0.15, 0.2) is 54.7 Å². The molecule has 1 N–H and O–H groups in total. The van der Waals surface area contributed by atoms with Crippen molar-refractivity contribution in [1.82, 2.24) is 14.9 Å². The van der Waals surface area contributed by atoms with E-state index in [2.05, 4.69) is 23.3 Å². The van der Waals surface area contributed by atoms with Gasteiger partial charge < -0.3 is 15.0 Å². The fourth-order valence-corrected chi connectivity index (χ4v) is 4.04. The maximum absolute atomic E-state index is 13.3.